The van der Waals surface area contributed by atoms with Crippen molar-refractivity contribution in [2.75, 3.05) is 31.1 Å². The topological polar surface area (TPSA) is 49.3 Å². The highest BCUT2D eigenvalue weighted by atomic mass is 19.1. The highest BCUT2D eigenvalue weighted by molar-refractivity contribution is 5.83. The fraction of sp³-hybridized carbons (Fsp3) is 0.421. The van der Waals surface area contributed by atoms with Crippen LogP contribution in [0.4, 0.5) is 10.2 Å². The first-order valence-electron chi connectivity index (χ1n) is 8.79. The van der Waals surface area contributed by atoms with Crippen LogP contribution in [-0.2, 0) is 4.79 Å². The lowest BCUT2D eigenvalue weighted by molar-refractivity contribution is -0.132. The zero-order chi connectivity index (χ0) is 17.2. The maximum atomic E-state index is 13.4. The molecule has 2 atom stereocenters. The van der Waals surface area contributed by atoms with Gasteiger partial charge < -0.3 is 9.80 Å². The van der Waals surface area contributed by atoms with Gasteiger partial charge in [0.25, 0.3) is 0 Å². The van der Waals surface area contributed by atoms with Gasteiger partial charge in [-0.3, -0.25) is 4.79 Å². The summed E-state index contributed by atoms with van der Waals surface area (Å²) in [6, 6.07) is 10.5. The van der Waals surface area contributed by atoms with E-state index in [2.05, 4.69) is 15.1 Å². The molecular weight excluding hydrogens is 319 g/mol. The van der Waals surface area contributed by atoms with Gasteiger partial charge in [-0.2, -0.15) is 5.10 Å². The van der Waals surface area contributed by atoms with Crippen LogP contribution in [0.3, 0.4) is 0 Å². The second-order valence-electron chi connectivity index (χ2n) is 6.75. The van der Waals surface area contributed by atoms with Crippen molar-refractivity contribution in [2.24, 2.45) is 5.92 Å². The number of benzene rings is 1. The number of aromatic nitrogens is 2. The SMILES string of the molecule is O=C(C1CC1c1cccc(F)c1)N1CCCN(c2cccnn2)CC1. The number of rotatable bonds is 3. The molecule has 130 valence electrons. The third-order valence-corrected chi connectivity index (χ3v) is 5.07. The molecule has 2 aliphatic rings. The summed E-state index contributed by atoms with van der Waals surface area (Å²) in [5, 5.41) is 8.09. The van der Waals surface area contributed by atoms with Crippen LogP contribution in [0.2, 0.25) is 0 Å². The van der Waals surface area contributed by atoms with E-state index in [1.54, 1.807) is 18.3 Å². The monoisotopic (exact) mass is 340 g/mol. The lowest BCUT2D eigenvalue weighted by atomic mass is 10.1. The van der Waals surface area contributed by atoms with E-state index in [0.29, 0.717) is 6.54 Å². The Morgan fingerprint density at radius 1 is 1.12 bits per heavy atom. The Hall–Kier alpha value is -2.50. The van der Waals surface area contributed by atoms with Crippen molar-refractivity contribution in [1.29, 1.82) is 0 Å². The summed E-state index contributed by atoms with van der Waals surface area (Å²) in [7, 11) is 0. The van der Waals surface area contributed by atoms with Gasteiger partial charge >= 0.3 is 0 Å². The predicted molar refractivity (Wildman–Crippen MR) is 92.7 cm³/mol. The van der Waals surface area contributed by atoms with Crippen molar-refractivity contribution in [1.82, 2.24) is 15.1 Å². The molecule has 0 radical (unpaired) electrons. The van der Waals surface area contributed by atoms with E-state index >= 15 is 0 Å². The third kappa shape index (κ3) is 3.48. The molecule has 1 saturated heterocycles. The summed E-state index contributed by atoms with van der Waals surface area (Å²) in [6.07, 6.45) is 3.41. The molecule has 0 bridgehead atoms. The average molecular weight is 340 g/mol. The summed E-state index contributed by atoms with van der Waals surface area (Å²) in [5.41, 5.74) is 0.939. The third-order valence-electron chi connectivity index (χ3n) is 5.07. The zero-order valence-corrected chi connectivity index (χ0v) is 14.0. The quantitative estimate of drug-likeness (QED) is 0.861. The van der Waals surface area contributed by atoms with Crippen LogP contribution in [0.15, 0.2) is 42.6 Å². The summed E-state index contributed by atoms with van der Waals surface area (Å²) >= 11 is 0. The van der Waals surface area contributed by atoms with Crippen molar-refractivity contribution < 1.29 is 9.18 Å². The van der Waals surface area contributed by atoms with Crippen molar-refractivity contribution in [2.45, 2.75) is 18.8 Å². The molecule has 1 aliphatic carbocycles. The van der Waals surface area contributed by atoms with Gasteiger partial charge in [-0.05, 0) is 48.6 Å². The Morgan fingerprint density at radius 2 is 2.04 bits per heavy atom. The largest absolute Gasteiger partial charge is 0.353 e. The Bertz CT molecular complexity index is 754. The molecule has 2 aromatic rings. The molecule has 6 heteroatoms. The smallest absolute Gasteiger partial charge is 0.226 e. The van der Waals surface area contributed by atoms with E-state index in [1.165, 1.54) is 6.07 Å². The Labute approximate surface area is 146 Å². The highest BCUT2D eigenvalue weighted by Gasteiger charge is 2.45. The molecule has 1 aliphatic heterocycles. The number of nitrogens with zero attached hydrogens (tertiary/aromatic N) is 4. The first-order valence-corrected chi connectivity index (χ1v) is 8.79. The molecule has 25 heavy (non-hydrogen) atoms. The molecule has 1 saturated carbocycles. The van der Waals surface area contributed by atoms with Crippen molar-refractivity contribution in [3.8, 4) is 0 Å². The van der Waals surface area contributed by atoms with Gasteiger partial charge in [0.1, 0.15) is 5.82 Å². The van der Waals surface area contributed by atoms with Crippen LogP contribution in [0.1, 0.15) is 24.3 Å². The van der Waals surface area contributed by atoms with Gasteiger partial charge in [-0.15, -0.1) is 5.10 Å². The Morgan fingerprint density at radius 3 is 2.84 bits per heavy atom. The molecule has 1 aromatic heterocycles. The molecule has 5 nitrogen and oxygen atoms in total. The van der Waals surface area contributed by atoms with Gasteiger partial charge in [0.2, 0.25) is 5.91 Å². The molecule has 2 fully saturated rings. The minimum Gasteiger partial charge on any atom is -0.353 e. The summed E-state index contributed by atoms with van der Waals surface area (Å²) in [6.45, 7) is 3.10. The van der Waals surface area contributed by atoms with E-state index in [0.717, 1.165) is 43.9 Å². The fourth-order valence-corrected chi connectivity index (χ4v) is 3.64. The molecule has 1 aromatic carbocycles. The van der Waals surface area contributed by atoms with Crippen molar-refractivity contribution >= 4 is 11.7 Å². The fourth-order valence-electron chi connectivity index (χ4n) is 3.64. The molecule has 0 N–H and O–H groups in total. The number of hydrogen-bond donors (Lipinski definition) is 0. The Balaban J connectivity index is 1.37. The van der Waals surface area contributed by atoms with Crippen LogP contribution in [0, 0.1) is 11.7 Å². The Kier molecular flexibility index (Phi) is 4.34. The van der Waals surface area contributed by atoms with Crippen LogP contribution >= 0.6 is 0 Å². The lowest BCUT2D eigenvalue weighted by Crippen LogP contribution is -2.36. The van der Waals surface area contributed by atoms with Crippen molar-refractivity contribution in [3.63, 3.8) is 0 Å². The van der Waals surface area contributed by atoms with E-state index in [4.69, 9.17) is 0 Å². The van der Waals surface area contributed by atoms with Crippen molar-refractivity contribution in [3.05, 3.63) is 54.0 Å². The maximum absolute atomic E-state index is 13.4. The van der Waals surface area contributed by atoms with Gasteiger partial charge in [0.15, 0.2) is 5.82 Å². The lowest BCUT2D eigenvalue weighted by Gasteiger charge is -2.22. The minimum atomic E-state index is -0.231. The summed E-state index contributed by atoms with van der Waals surface area (Å²) < 4.78 is 13.4. The second-order valence-corrected chi connectivity index (χ2v) is 6.75. The number of hydrogen-bond acceptors (Lipinski definition) is 4. The highest BCUT2D eigenvalue weighted by Crippen LogP contribution is 2.48. The standard InChI is InChI=1S/C19H21FN4O/c20-15-5-1-4-14(12-15)16-13-17(16)19(25)24-9-3-8-23(10-11-24)18-6-2-7-21-22-18/h1-2,4-7,12,16-17H,3,8-11,13H2. The number of halogens is 1. The van der Waals surface area contributed by atoms with Gasteiger partial charge in [-0.25, -0.2) is 4.39 Å². The molecule has 4 rings (SSSR count). The summed E-state index contributed by atoms with van der Waals surface area (Å²) in [5.74, 6) is 1.01. The minimum absolute atomic E-state index is 0.00451. The molecule has 2 unspecified atom stereocenters. The second kappa shape index (κ2) is 6.78. The van der Waals surface area contributed by atoms with E-state index in [-0.39, 0.29) is 23.6 Å². The summed E-state index contributed by atoms with van der Waals surface area (Å²) in [4.78, 5) is 16.9. The molecule has 0 spiro atoms. The van der Waals surface area contributed by atoms with E-state index in [1.807, 2.05) is 23.1 Å². The van der Waals surface area contributed by atoms with Crippen LogP contribution in [-0.4, -0.2) is 47.2 Å². The normalized spacial score (nSPS) is 23.2. The number of carbonyl (C=O) groups excluding carboxylic acids is 1. The van der Waals surface area contributed by atoms with Crippen LogP contribution in [0.25, 0.3) is 0 Å². The van der Waals surface area contributed by atoms with E-state index < -0.39 is 0 Å². The number of carbonyl (C=O) groups is 1. The van der Waals surface area contributed by atoms with Crippen LogP contribution in [0.5, 0.6) is 0 Å². The first-order chi connectivity index (χ1) is 12.2. The maximum Gasteiger partial charge on any atom is 0.226 e. The number of amides is 1. The zero-order valence-electron chi connectivity index (χ0n) is 14.0. The number of anilines is 1. The van der Waals surface area contributed by atoms with Gasteiger partial charge in [-0.1, -0.05) is 12.1 Å². The first kappa shape index (κ1) is 16.0. The average Bonchev–Trinajstić information content (AvgIpc) is 3.45. The van der Waals surface area contributed by atoms with Gasteiger partial charge in [0.05, 0.1) is 0 Å². The molecular formula is C19H21FN4O. The molecule has 2 heterocycles. The van der Waals surface area contributed by atoms with E-state index in [9.17, 15) is 9.18 Å². The van der Waals surface area contributed by atoms with Crippen LogP contribution < -0.4 is 4.90 Å². The van der Waals surface area contributed by atoms with Gasteiger partial charge in [0, 0.05) is 38.3 Å². The molecule has 1 amide bonds. The predicted octanol–water partition coefficient (Wildman–Crippen LogP) is 2.46.